The fourth-order valence-electron chi connectivity index (χ4n) is 2.97. The van der Waals surface area contributed by atoms with Crippen LogP contribution in [0.3, 0.4) is 0 Å². The Morgan fingerprint density at radius 1 is 1.57 bits per heavy atom. The van der Waals surface area contributed by atoms with Crippen molar-refractivity contribution in [1.82, 2.24) is 9.80 Å². The second-order valence-corrected chi connectivity index (χ2v) is 7.40. The summed E-state index contributed by atoms with van der Waals surface area (Å²) >= 11 is 1.79. The van der Waals surface area contributed by atoms with Gasteiger partial charge in [-0.05, 0) is 56.2 Å². The molecule has 1 aromatic heterocycles. The van der Waals surface area contributed by atoms with E-state index in [0.717, 1.165) is 32.4 Å². The summed E-state index contributed by atoms with van der Waals surface area (Å²) in [7, 11) is 1.94. The highest BCUT2D eigenvalue weighted by Crippen LogP contribution is 2.33. The van der Waals surface area contributed by atoms with Crippen LogP contribution < -0.4 is 0 Å². The number of likely N-dealkylation sites (N-methyl/N-ethyl adjacent to an activating group) is 1. The second kappa shape index (κ2) is 6.07. The van der Waals surface area contributed by atoms with Crippen molar-refractivity contribution in [3.05, 3.63) is 21.9 Å². The molecular weight excluding hydrogens is 284 g/mol. The second-order valence-electron chi connectivity index (χ2n) is 6.40. The molecule has 1 amide bonds. The van der Waals surface area contributed by atoms with E-state index in [-0.39, 0.29) is 18.1 Å². The Balaban J connectivity index is 1.56. The number of aliphatic hydroxyl groups is 1. The van der Waals surface area contributed by atoms with E-state index >= 15 is 0 Å². The predicted molar refractivity (Wildman–Crippen MR) is 84.3 cm³/mol. The van der Waals surface area contributed by atoms with E-state index in [1.165, 1.54) is 10.4 Å². The molecule has 0 bridgehead atoms. The van der Waals surface area contributed by atoms with Crippen LogP contribution in [0.4, 0.5) is 0 Å². The fraction of sp³-hybridized carbons (Fsp3) is 0.688. The summed E-state index contributed by atoms with van der Waals surface area (Å²) in [5.74, 6) is 0.635. The van der Waals surface area contributed by atoms with Crippen LogP contribution in [0.1, 0.15) is 30.2 Å². The van der Waals surface area contributed by atoms with E-state index in [1.54, 1.807) is 11.3 Å². The number of hydrogen-bond acceptors (Lipinski definition) is 4. The lowest BCUT2D eigenvalue weighted by Crippen LogP contribution is -2.49. The predicted octanol–water partition coefficient (Wildman–Crippen LogP) is 1.72. The zero-order valence-corrected chi connectivity index (χ0v) is 13.6. The van der Waals surface area contributed by atoms with Crippen LogP contribution in [-0.4, -0.2) is 53.1 Å². The summed E-state index contributed by atoms with van der Waals surface area (Å²) in [5.41, 5.74) is 1.30. The Bertz CT molecular complexity index is 512. The average Bonchev–Trinajstić information content (AvgIpc) is 3.23. The van der Waals surface area contributed by atoms with Crippen molar-refractivity contribution in [1.29, 1.82) is 0 Å². The van der Waals surface area contributed by atoms with Gasteiger partial charge in [0.05, 0.1) is 12.1 Å². The summed E-state index contributed by atoms with van der Waals surface area (Å²) in [6, 6.07) is 1.96. The van der Waals surface area contributed by atoms with Crippen LogP contribution in [0.5, 0.6) is 0 Å². The standard InChI is InChI=1S/C16H24N2O2S/c1-11(17(2)10-14(19)12-3-4-12)16(20)18-7-5-15-13(9-18)6-8-21-15/h6,8,11-12,14,19H,3-5,7,9-10H2,1-2H3. The zero-order valence-electron chi connectivity index (χ0n) is 12.8. The molecule has 1 fully saturated rings. The number of aliphatic hydroxyl groups excluding tert-OH is 1. The van der Waals surface area contributed by atoms with Gasteiger partial charge in [0.15, 0.2) is 0 Å². The molecule has 1 saturated carbocycles. The molecule has 2 aliphatic rings. The van der Waals surface area contributed by atoms with Gasteiger partial charge in [0.25, 0.3) is 0 Å². The van der Waals surface area contributed by atoms with E-state index in [0.29, 0.717) is 12.5 Å². The Kier molecular flexibility index (Phi) is 4.33. The molecule has 116 valence electrons. The lowest BCUT2D eigenvalue weighted by atomic mass is 10.1. The van der Waals surface area contributed by atoms with Gasteiger partial charge in [-0.25, -0.2) is 0 Å². The third-order valence-corrected chi connectivity index (χ3v) is 5.80. The van der Waals surface area contributed by atoms with Crippen molar-refractivity contribution in [2.45, 2.75) is 44.9 Å². The molecule has 0 saturated heterocycles. The minimum absolute atomic E-state index is 0.168. The molecule has 4 nitrogen and oxygen atoms in total. The summed E-state index contributed by atoms with van der Waals surface area (Å²) < 4.78 is 0. The third kappa shape index (κ3) is 3.30. The van der Waals surface area contributed by atoms with Gasteiger partial charge in [0.2, 0.25) is 5.91 Å². The number of fused-ring (bicyclic) bond motifs is 1. The molecule has 3 rings (SSSR count). The molecule has 5 heteroatoms. The quantitative estimate of drug-likeness (QED) is 0.901. The van der Waals surface area contributed by atoms with Crippen molar-refractivity contribution in [3.8, 4) is 0 Å². The highest BCUT2D eigenvalue weighted by molar-refractivity contribution is 7.10. The molecule has 0 radical (unpaired) electrons. The van der Waals surface area contributed by atoms with Crippen LogP contribution >= 0.6 is 11.3 Å². The molecule has 21 heavy (non-hydrogen) atoms. The summed E-state index contributed by atoms with van der Waals surface area (Å²) in [4.78, 5) is 18.0. The monoisotopic (exact) mass is 308 g/mol. The molecule has 0 aromatic carbocycles. The summed E-state index contributed by atoms with van der Waals surface area (Å²) in [5, 5.41) is 12.1. The largest absolute Gasteiger partial charge is 0.392 e. The molecule has 1 N–H and O–H groups in total. The lowest BCUT2D eigenvalue weighted by Gasteiger charge is -2.33. The van der Waals surface area contributed by atoms with Crippen LogP contribution in [0.2, 0.25) is 0 Å². The fourth-order valence-corrected chi connectivity index (χ4v) is 3.86. The molecule has 2 heterocycles. The normalized spacial score (nSPS) is 21.2. The maximum Gasteiger partial charge on any atom is 0.239 e. The minimum Gasteiger partial charge on any atom is -0.392 e. The molecule has 2 unspecified atom stereocenters. The maximum absolute atomic E-state index is 12.6. The van der Waals surface area contributed by atoms with Crippen LogP contribution in [-0.2, 0) is 17.8 Å². The van der Waals surface area contributed by atoms with E-state index in [2.05, 4.69) is 11.4 Å². The van der Waals surface area contributed by atoms with E-state index < -0.39 is 0 Å². The molecular formula is C16H24N2O2S. The van der Waals surface area contributed by atoms with Crippen molar-refractivity contribution in [2.75, 3.05) is 20.1 Å². The topological polar surface area (TPSA) is 43.8 Å². The smallest absolute Gasteiger partial charge is 0.239 e. The Morgan fingerprint density at radius 3 is 3.05 bits per heavy atom. The van der Waals surface area contributed by atoms with Crippen LogP contribution in [0, 0.1) is 5.92 Å². The lowest BCUT2D eigenvalue weighted by molar-refractivity contribution is -0.137. The maximum atomic E-state index is 12.6. The SMILES string of the molecule is CC(C(=O)N1CCc2sccc2C1)N(C)CC(O)C1CC1. The van der Waals surface area contributed by atoms with E-state index in [9.17, 15) is 9.90 Å². The number of amides is 1. The van der Waals surface area contributed by atoms with Crippen LogP contribution in [0.25, 0.3) is 0 Å². The minimum atomic E-state index is -0.282. The van der Waals surface area contributed by atoms with Crippen LogP contribution in [0.15, 0.2) is 11.4 Å². The van der Waals surface area contributed by atoms with E-state index in [4.69, 9.17) is 0 Å². The Labute approximate surface area is 130 Å². The van der Waals surface area contributed by atoms with Gasteiger partial charge in [-0.15, -0.1) is 11.3 Å². The van der Waals surface area contributed by atoms with Crippen molar-refractivity contribution in [2.24, 2.45) is 5.92 Å². The molecule has 1 aliphatic heterocycles. The first kappa shape index (κ1) is 15.0. The van der Waals surface area contributed by atoms with Crippen molar-refractivity contribution < 1.29 is 9.90 Å². The summed E-state index contributed by atoms with van der Waals surface area (Å²) in [6.45, 7) is 4.09. The number of nitrogens with zero attached hydrogens (tertiary/aromatic N) is 2. The van der Waals surface area contributed by atoms with Gasteiger partial charge < -0.3 is 10.0 Å². The number of rotatable bonds is 5. The number of hydrogen-bond donors (Lipinski definition) is 1. The molecule has 2 atom stereocenters. The number of carbonyl (C=O) groups is 1. The highest BCUT2D eigenvalue weighted by atomic mass is 32.1. The first-order valence-electron chi connectivity index (χ1n) is 7.78. The van der Waals surface area contributed by atoms with Gasteiger partial charge >= 0.3 is 0 Å². The van der Waals surface area contributed by atoms with Gasteiger partial charge in [0.1, 0.15) is 0 Å². The average molecular weight is 308 g/mol. The highest BCUT2D eigenvalue weighted by Gasteiger charge is 2.33. The number of carbonyl (C=O) groups excluding carboxylic acids is 1. The molecule has 0 spiro atoms. The van der Waals surface area contributed by atoms with Gasteiger partial charge in [-0.1, -0.05) is 0 Å². The zero-order chi connectivity index (χ0) is 15.0. The van der Waals surface area contributed by atoms with Crippen molar-refractivity contribution >= 4 is 17.2 Å². The Hall–Kier alpha value is -0.910. The van der Waals surface area contributed by atoms with E-state index in [1.807, 2.05) is 23.8 Å². The van der Waals surface area contributed by atoms with Gasteiger partial charge in [-0.3, -0.25) is 9.69 Å². The molecule has 1 aromatic rings. The number of thiophene rings is 1. The van der Waals surface area contributed by atoms with Gasteiger partial charge in [0, 0.05) is 24.5 Å². The van der Waals surface area contributed by atoms with Gasteiger partial charge in [-0.2, -0.15) is 0 Å². The summed E-state index contributed by atoms with van der Waals surface area (Å²) in [6.07, 6.45) is 2.95. The third-order valence-electron chi connectivity index (χ3n) is 4.78. The Morgan fingerprint density at radius 2 is 2.33 bits per heavy atom. The first-order valence-corrected chi connectivity index (χ1v) is 8.66. The first-order chi connectivity index (χ1) is 10.1. The molecule has 1 aliphatic carbocycles. The van der Waals surface area contributed by atoms with Crippen molar-refractivity contribution in [3.63, 3.8) is 0 Å².